The molecule has 0 aliphatic heterocycles. The van der Waals surface area contributed by atoms with Crippen LogP contribution in [0.1, 0.15) is 22.5 Å². The van der Waals surface area contributed by atoms with Crippen molar-refractivity contribution in [1.82, 2.24) is 20.0 Å². The summed E-state index contributed by atoms with van der Waals surface area (Å²) in [7, 11) is 1.72. The Labute approximate surface area is 169 Å². The van der Waals surface area contributed by atoms with Crippen molar-refractivity contribution >= 4 is 35.6 Å². The van der Waals surface area contributed by atoms with Crippen molar-refractivity contribution in [2.45, 2.75) is 26.9 Å². The largest absolute Gasteiger partial charge is 0.352 e. The normalized spacial score (nSPS) is 11.3. The van der Waals surface area contributed by atoms with Gasteiger partial charge in [-0.3, -0.25) is 4.99 Å². The molecule has 0 amide bonds. The molecule has 3 rings (SSSR count). The smallest absolute Gasteiger partial charge is 0.191 e. The molecule has 0 saturated heterocycles. The average molecular weight is 467 g/mol. The van der Waals surface area contributed by atoms with Crippen molar-refractivity contribution < 1.29 is 4.39 Å². The molecule has 0 bridgehead atoms. The number of aryl methyl sites for hydroxylation is 2. The van der Waals surface area contributed by atoms with Gasteiger partial charge in [0, 0.05) is 25.5 Å². The number of guanidine groups is 1. The summed E-state index contributed by atoms with van der Waals surface area (Å²) >= 11 is 0. The van der Waals surface area contributed by atoms with Crippen LogP contribution < -0.4 is 10.6 Å². The number of nitrogens with one attached hydrogen (secondary N) is 2. The Kier molecular flexibility index (Phi) is 6.96. The van der Waals surface area contributed by atoms with E-state index in [1.165, 1.54) is 6.07 Å². The van der Waals surface area contributed by atoms with Crippen LogP contribution in [-0.4, -0.2) is 22.4 Å². The van der Waals surface area contributed by atoms with Crippen molar-refractivity contribution in [1.29, 1.82) is 0 Å². The minimum Gasteiger partial charge on any atom is -0.352 e. The lowest BCUT2D eigenvalue weighted by Gasteiger charge is -2.11. The van der Waals surface area contributed by atoms with E-state index in [4.69, 9.17) is 0 Å². The van der Waals surface area contributed by atoms with E-state index in [2.05, 4.69) is 38.0 Å². The summed E-state index contributed by atoms with van der Waals surface area (Å²) in [6, 6.07) is 11.1. The molecule has 5 nitrogen and oxygen atoms in total. The van der Waals surface area contributed by atoms with Crippen LogP contribution in [0.2, 0.25) is 0 Å². The number of pyridine rings is 1. The number of fused-ring (bicyclic) bond motifs is 1. The zero-order valence-electron chi connectivity index (χ0n) is 15.1. The van der Waals surface area contributed by atoms with Crippen LogP contribution in [0.3, 0.4) is 0 Å². The Bertz CT molecular complexity index is 919. The number of halogens is 2. The Balaban J connectivity index is 0.00000243. The molecule has 0 aliphatic rings. The second-order valence-corrected chi connectivity index (χ2v) is 5.99. The molecule has 1 aromatic carbocycles. The highest BCUT2D eigenvalue weighted by Gasteiger charge is 2.05. The molecule has 2 N–H and O–H groups in total. The molecule has 0 fully saturated rings. The van der Waals surface area contributed by atoms with E-state index in [9.17, 15) is 4.39 Å². The van der Waals surface area contributed by atoms with Crippen LogP contribution in [0.25, 0.3) is 5.65 Å². The summed E-state index contributed by atoms with van der Waals surface area (Å²) in [4.78, 5) is 8.81. The second kappa shape index (κ2) is 8.98. The zero-order chi connectivity index (χ0) is 17.8. The minimum absolute atomic E-state index is 0. The lowest BCUT2D eigenvalue weighted by Crippen LogP contribution is -2.36. The maximum absolute atomic E-state index is 13.3. The molecule has 0 atom stereocenters. The molecule has 2 heterocycles. The number of imidazole rings is 1. The Hall–Kier alpha value is -2.16. The van der Waals surface area contributed by atoms with Gasteiger partial charge in [0.05, 0.1) is 12.2 Å². The molecule has 0 aliphatic carbocycles. The van der Waals surface area contributed by atoms with Crippen LogP contribution in [0, 0.1) is 19.7 Å². The van der Waals surface area contributed by atoms with E-state index < -0.39 is 0 Å². The van der Waals surface area contributed by atoms with E-state index in [0.29, 0.717) is 24.6 Å². The van der Waals surface area contributed by atoms with Crippen molar-refractivity contribution in [3.8, 4) is 0 Å². The first-order valence-electron chi connectivity index (χ1n) is 8.20. The zero-order valence-corrected chi connectivity index (χ0v) is 17.4. The highest BCUT2D eigenvalue weighted by molar-refractivity contribution is 14.0. The maximum atomic E-state index is 13.3. The number of aromatic nitrogens is 2. The first kappa shape index (κ1) is 20.2. The first-order valence-corrected chi connectivity index (χ1v) is 8.20. The van der Waals surface area contributed by atoms with Gasteiger partial charge < -0.3 is 15.0 Å². The van der Waals surface area contributed by atoms with Gasteiger partial charge in [0.15, 0.2) is 5.96 Å². The van der Waals surface area contributed by atoms with Gasteiger partial charge >= 0.3 is 0 Å². The third-order valence-corrected chi connectivity index (χ3v) is 4.09. The van der Waals surface area contributed by atoms with E-state index >= 15 is 0 Å². The number of hydrogen-bond acceptors (Lipinski definition) is 2. The summed E-state index contributed by atoms with van der Waals surface area (Å²) in [5, 5.41) is 6.48. The number of aliphatic imine (C=N–C) groups is 1. The minimum atomic E-state index is -0.187. The van der Waals surface area contributed by atoms with Crippen molar-refractivity contribution in [3.05, 3.63) is 70.9 Å². The summed E-state index contributed by atoms with van der Waals surface area (Å²) in [6.45, 7) is 4.96. The Morgan fingerprint density at radius 3 is 2.62 bits per heavy atom. The highest BCUT2D eigenvalue weighted by Crippen LogP contribution is 2.09. The SMILES string of the molecule is CN=C(NCc1ccc(F)c(C)c1)NCc1cn2c(C)cccc2n1.I. The fourth-order valence-corrected chi connectivity index (χ4v) is 2.68. The van der Waals surface area contributed by atoms with Crippen LogP contribution in [0.5, 0.6) is 0 Å². The summed E-state index contributed by atoms with van der Waals surface area (Å²) in [6.07, 6.45) is 2.02. The number of nitrogens with zero attached hydrogens (tertiary/aromatic N) is 3. The molecule has 0 saturated carbocycles. The van der Waals surface area contributed by atoms with Gasteiger partial charge in [-0.15, -0.1) is 24.0 Å². The van der Waals surface area contributed by atoms with Crippen molar-refractivity contribution in [3.63, 3.8) is 0 Å². The highest BCUT2D eigenvalue weighted by atomic mass is 127. The summed E-state index contributed by atoms with van der Waals surface area (Å²) in [5.41, 5.74) is 4.66. The van der Waals surface area contributed by atoms with Crippen molar-refractivity contribution in [2.24, 2.45) is 4.99 Å². The van der Waals surface area contributed by atoms with Crippen LogP contribution in [-0.2, 0) is 13.1 Å². The lowest BCUT2D eigenvalue weighted by molar-refractivity contribution is 0.617. The Morgan fingerprint density at radius 2 is 1.92 bits per heavy atom. The molecule has 26 heavy (non-hydrogen) atoms. The van der Waals surface area contributed by atoms with Gasteiger partial charge in [-0.1, -0.05) is 18.2 Å². The number of benzene rings is 1. The number of hydrogen-bond donors (Lipinski definition) is 2. The first-order chi connectivity index (χ1) is 12.1. The quantitative estimate of drug-likeness (QED) is 0.351. The van der Waals surface area contributed by atoms with Crippen LogP contribution >= 0.6 is 24.0 Å². The van der Waals surface area contributed by atoms with Crippen LogP contribution in [0.15, 0.2) is 47.6 Å². The maximum Gasteiger partial charge on any atom is 0.191 e. The average Bonchev–Trinajstić information content (AvgIpc) is 3.02. The van der Waals surface area contributed by atoms with E-state index in [0.717, 1.165) is 22.6 Å². The molecular weight excluding hydrogens is 444 g/mol. The number of rotatable bonds is 4. The molecule has 2 aromatic heterocycles. The molecule has 0 unspecified atom stereocenters. The molecule has 7 heteroatoms. The van der Waals surface area contributed by atoms with E-state index in [1.54, 1.807) is 20.0 Å². The van der Waals surface area contributed by atoms with Gasteiger partial charge in [0.2, 0.25) is 0 Å². The molecule has 0 radical (unpaired) electrons. The molecular formula is C19H23FIN5. The monoisotopic (exact) mass is 467 g/mol. The molecule has 0 spiro atoms. The van der Waals surface area contributed by atoms with Crippen LogP contribution in [0.4, 0.5) is 4.39 Å². The lowest BCUT2D eigenvalue weighted by atomic mass is 10.1. The van der Waals surface area contributed by atoms with Gasteiger partial charge in [-0.25, -0.2) is 9.37 Å². The topological polar surface area (TPSA) is 53.7 Å². The summed E-state index contributed by atoms with van der Waals surface area (Å²) < 4.78 is 15.4. The second-order valence-electron chi connectivity index (χ2n) is 5.99. The third-order valence-electron chi connectivity index (χ3n) is 4.09. The Morgan fingerprint density at radius 1 is 1.15 bits per heavy atom. The van der Waals surface area contributed by atoms with E-state index in [1.807, 2.05) is 24.4 Å². The fraction of sp³-hybridized carbons (Fsp3) is 0.263. The van der Waals surface area contributed by atoms with E-state index in [-0.39, 0.29) is 29.8 Å². The van der Waals surface area contributed by atoms with Gasteiger partial charge in [0.1, 0.15) is 11.5 Å². The van der Waals surface area contributed by atoms with Gasteiger partial charge in [-0.2, -0.15) is 0 Å². The predicted molar refractivity (Wildman–Crippen MR) is 114 cm³/mol. The summed E-state index contributed by atoms with van der Waals surface area (Å²) in [5.74, 6) is 0.490. The fourth-order valence-electron chi connectivity index (χ4n) is 2.68. The standard InChI is InChI=1S/C19H22FN5.HI/c1-13-9-15(7-8-17(13)20)10-22-19(21-3)23-11-16-12-25-14(2)5-4-6-18(25)24-16;/h4-9,12H,10-11H2,1-3H3,(H2,21,22,23);1H. The predicted octanol–water partition coefficient (Wildman–Crippen LogP) is 3.57. The molecule has 138 valence electrons. The van der Waals surface area contributed by atoms with Gasteiger partial charge in [0.25, 0.3) is 0 Å². The van der Waals surface area contributed by atoms with Crippen molar-refractivity contribution in [2.75, 3.05) is 7.05 Å². The molecule has 3 aromatic rings. The third kappa shape index (κ3) is 4.72. The van der Waals surface area contributed by atoms with Gasteiger partial charge in [-0.05, 0) is 43.2 Å².